The minimum atomic E-state index is -3.37. The van der Waals surface area contributed by atoms with Gasteiger partial charge in [-0.05, 0) is 29.8 Å². The highest BCUT2D eigenvalue weighted by molar-refractivity contribution is 9.10. The molecule has 1 atom stereocenters. The van der Waals surface area contributed by atoms with Gasteiger partial charge < -0.3 is 5.11 Å². The second-order valence-corrected chi connectivity index (χ2v) is 7.92. The smallest absolute Gasteiger partial charge is 0.318 e. The van der Waals surface area contributed by atoms with Crippen molar-refractivity contribution in [2.24, 2.45) is 0 Å². The molecule has 0 amide bonds. The number of rotatable bonds is 5. The van der Waals surface area contributed by atoms with Gasteiger partial charge in [-0.25, -0.2) is 8.42 Å². The van der Waals surface area contributed by atoms with Crippen molar-refractivity contribution in [3.8, 4) is 0 Å². The van der Waals surface area contributed by atoms with E-state index < -0.39 is 27.5 Å². The predicted molar refractivity (Wildman–Crippen MR) is 88.4 cm³/mol. The highest BCUT2D eigenvalue weighted by atomic mass is 79.9. The fourth-order valence-electron chi connectivity index (χ4n) is 2.09. The van der Waals surface area contributed by atoms with Crippen LogP contribution in [0, 0.1) is 0 Å². The van der Waals surface area contributed by atoms with Gasteiger partial charge in [0.15, 0.2) is 15.6 Å². The highest BCUT2D eigenvalue weighted by Crippen LogP contribution is 2.24. The Balaban J connectivity index is 2.39. The van der Waals surface area contributed by atoms with Crippen LogP contribution in [0.3, 0.4) is 0 Å². The summed E-state index contributed by atoms with van der Waals surface area (Å²) in [6.07, 6.45) is 1.06. The van der Waals surface area contributed by atoms with Crippen LogP contribution in [0.25, 0.3) is 0 Å². The number of ketones is 1. The molecule has 0 bridgehead atoms. The van der Waals surface area contributed by atoms with Crippen molar-refractivity contribution in [1.29, 1.82) is 0 Å². The lowest BCUT2D eigenvalue weighted by Gasteiger charge is -2.12. The lowest BCUT2D eigenvalue weighted by Crippen LogP contribution is -2.21. The summed E-state index contributed by atoms with van der Waals surface area (Å²) < 4.78 is 23.6. The standard InChI is InChI=1S/C16H13BrO5S/c1-23(21,22)13-8-4-11(5-9-13)15(18)14(16(19)20)10-2-6-12(17)7-3-10/h2-9,14H,1H3,(H,19,20). The fourth-order valence-corrected chi connectivity index (χ4v) is 2.99. The second kappa shape index (κ2) is 6.64. The van der Waals surface area contributed by atoms with Gasteiger partial charge in [0.05, 0.1) is 4.90 Å². The Labute approximate surface area is 142 Å². The Morgan fingerprint density at radius 1 is 1.00 bits per heavy atom. The minimum absolute atomic E-state index is 0.0737. The van der Waals surface area contributed by atoms with Gasteiger partial charge in [0.1, 0.15) is 5.92 Å². The van der Waals surface area contributed by atoms with Crippen LogP contribution in [0.15, 0.2) is 57.9 Å². The third-order valence-corrected chi connectivity index (χ3v) is 4.94. The summed E-state index contributed by atoms with van der Waals surface area (Å²) in [6, 6.07) is 11.7. The Kier molecular flexibility index (Phi) is 5.01. The highest BCUT2D eigenvalue weighted by Gasteiger charge is 2.29. The Morgan fingerprint density at radius 2 is 1.52 bits per heavy atom. The van der Waals surface area contributed by atoms with Gasteiger partial charge in [0, 0.05) is 16.3 Å². The summed E-state index contributed by atoms with van der Waals surface area (Å²) in [5, 5.41) is 9.38. The van der Waals surface area contributed by atoms with Gasteiger partial charge in [-0.2, -0.15) is 0 Å². The number of hydrogen-bond donors (Lipinski definition) is 1. The number of carboxylic acid groups (broad SMARTS) is 1. The predicted octanol–water partition coefficient (Wildman–Crippen LogP) is 2.90. The molecule has 0 heterocycles. The number of sulfone groups is 1. The van der Waals surface area contributed by atoms with Crippen LogP contribution in [0.4, 0.5) is 0 Å². The molecular formula is C16H13BrO5S. The topological polar surface area (TPSA) is 88.5 Å². The molecule has 0 saturated heterocycles. The molecule has 0 radical (unpaired) electrons. The number of halogens is 1. The number of carboxylic acids is 1. The third-order valence-electron chi connectivity index (χ3n) is 3.28. The number of Topliss-reactive ketones (excluding diaryl/α,β-unsaturated/α-hetero) is 1. The molecule has 2 aromatic carbocycles. The zero-order chi connectivity index (χ0) is 17.2. The molecule has 120 valence electrons. The molecule has 0 fully saturated rings. The monoisotopic (exact) mass is 396 g/mol. The van der Waals surface area contributed by atoms with Gasteiger partial charge in [-0.3, -0.25) is 9.59 Å². The van der Waals surface area contributed by atoms with E-state index in [4.69, 9.17) is 0 Å². The van der Waals surface area contributed by atoms with E-state index in [0.29, 0.717) is 5.56 Å². The van der Waals surface area contributed by atoms with Crippen molar-refractivity contribution in [2.75, 3.05) is 6.26 Å². The molecule has 1 unspecified atom stereocenters. The zero-order valence-electron chi connectivity index (χ0n) is 12.1. The molecule has 5 nitrogen and oxygen atoms in total. The quantitative estimate of drug-likeness (QED) is 0.619. The van der Waals surface area contributed by atoms with E-state index in [9.17, 15) is 23.1 Å². The maximum Gasteiger partial charge on any atom is 0.318 e. The molecule has 0 aliphatic heterocycles. The lowest BCUT2D eigenvalue weighted by molar-refractivity contribution is -0.137. The van der Waals surface area contributed by atoms with Crippen LogP contribution < -0.4 is 0 Å². The second-order valence-electron chi connectivity index (χ2n) is 4.98. The molecule has 2 rings (SSSR count). The molecule has 0 aliphatic carbocycles. The molecule has 2 aromatic rings. The van der Waals surface area contributed by atoms with Crippen molar-refractivity contribution >= 4 is 37.5 Å². The summed E-state index contributed by atoms with van der Waals surface area (Å²) in [5.41, 5.74) is 0.505. The number of hydrogen-bond acceptors (Lipinski definition) is 4. The summed E-state index contributed by atoms with van der Waals surface area (Å²) in [4.78, 5) is 24.1. The van der Waals surface area contributed by atoms with Crippen LogP contribution in [0.5, 0.6) is 0 Å². The first kappa shape index (κ1) is 17.4. The van der Waals surface area contributed by atoms with Crippen molar-refractivity contribution < 1.29 is 23.1 Å². The molecular weight excluding hydrogens is 384 g/mol. The van der Waals surface area contributed by atoms with Gasteiger partial charge in [-0.1, -0.05) is 40.2 Å². The maximum absolute atomic E-state index is 12.5. The van der Waals surface area contributed by atoms with Crippen LogP contribution in [0.1, 0.15) is 21.8 Å². The van der Waals surface area contributed by atoms with Crippen molar-refractivity contribution in [3.05, 3.63) is 64.1 Å². The summed E-state index contributed by atoms with van der Waals surface area (Å²) >= 11 is 3.25. The van der Waals surface area contributed by atoms with Crippen molar-refractivity contribution in [2.45, 2.75) is 10.8 Å². The third kappa shape index (κ3) is 4.05. The average molecular weight is 397 g/mol. The zero-order valence-corrected chi connectivity index (χ0v) is 14.5. The van der Waals surface area contributed by atoms with Crippen LogP contribution in [0.2, 0.25) is 0 Å². The maximum atomic E-state index is 12.5. The molecule has 0 saturated carbocycles. The Hall–Kier alpha value is -1.99. The van der Waals surface area contributed by atoms with Gasteiger partial charge in [0.25, 0.3) is 0 Å². The summed E-state index contributed by atoms with van der Waals surface area (Å²) in [7, 11) is -3.37. The van der Waals surface area contributed by atoms with Gasteiger partial charge in [0.2, 0.25) is 0 Å². The fraction of sp³-hybridized carbons (Fsp3) is 0.125. The molecule has 1 N–H and O–H groups in total. The summed E-state index contributed by atoms with van der Waals surface area (Å²) in [6.45, 7) is 0. The van der Waals surface area contributed by atoms with E-state index in [-0.39, 0.29) is 10.5 Å². The van der Waals surface area contributed by atoms with Crippen LogP contribution in [-0.2, 0) is 14.6 Å². The van der Waals surface area contributed by atoms with Gasteiger partial charge >= 0.3 is 5.97 Å². The molecule has 0 spiro atoms. The minimum Gasteiger partial charge on any atom is -0.480 e. The van der Waals surface area contributed by atoms with Crippen molar-refractivity contribution in [1.82, 2.24) is 0 Å². The average Bonchev–Trinajstić information content (AvgIpc) is 2.48. The van der Waals surface area contributed by atoms with E-state index in [2.05, 4.69) is 15.9 Å². The van der Waals surface area contributed by atoms with Gasteiger partial charge in [-0.15, -0.1) is 0 Å². The SMILES string of the molecule is CS(=O)(=O)c1ccc(C(=O)C(C(=O)O)c2ccc(Br)cc2)cc1. The van der Waals surface area contributed by atoms with E-state index >= 15 is 0 Å². The number of carbonyl (C=O) groups is 2. The molecule has 7 heteroatoms. The molecule has 0 aliphatic rings. The molecule has 23 heavy (non-hydrogen) atoms. The lowest BCUT2D eigenvalue weighted by atomic mass is 9.91. The molecule has 0 aromatic heterocycles. The van der Waals surface area contributed by atoms with Crippen molar-refractivity contribution in [3.63, 3.8) is 0 Å². The van der Waals surface area contributed by atoms with Crippen LogP contribution in [-0.4, -0.2) is 31.5 Å². The van der Waals surface area contributed by atoms with E-state index in [1.807, 2.05) is 0 Å². The Morgan fingerprint density at radius 3 is 1.96 bits per heavy atom. The van der Waals surface area contributed by atoms with E-state index in [1.54, 1.807) is 24.3 Å². The normalized spacial score (nSPS) is 12.6. The van der Waals surface area contributed by atoms with E-state index in [1.165, 1.54) is 24.3 Å². The summed E-state index contributed by atoms with van der Waals surface area (Å²) in [5.74, 6) is -3.20. The first-order chi connectivity index (χ1) is 10.7. The first-order valence-electron chi connectivity index (χ1n) is 6.53. The number of carbonyl (C=O) groups excluding carboxylic acids is 1. The van der Waals surface area contributed by atoms with Crippen LogP contribution >= 0.6 is 15.9 Å². The number of aliphatic carboxylic acids is 1. The Bertz CT molecular complexity index is 839. The van der Waals surface area contributed by atoms with E-state index in [0.717, 1.165) is 10.7 Å². The number of benzene rings is 2. The largest absolute Gasteiger partial charge is 0.480 e. The first-order valence-corrected chi connectivity index (χ1v) is 9.21.